The van der Waals surface area contributed by atoms with Crippen LogP contribution in [0.5, 0.6) is 0 Å². The Hall–Kier alpha value is -1.34. The van der Waals surface area contributed by atoms with Gasteiger partial charge in [0.05, 0.1) is 0 Å². The Morgan fingerprint density at radius 1 is 0.875 bits per heavy atom. The van der Waals surface area contributed by atoms with Crippen molar-refractivity contribution in [1.82, 2.24) is 0 Å². The zero-order valence-corrected chi connectivity index (χ0v) is 9.74. The van der Waals surface area contributed by atoms with E-state index in [1.54, 1.807) is 0 Å². The van der Waals surface area contributed by atoms with Crippen LogP contribution in [-0.4, -0.2) is 11.7 Å². The van der Waals surface area contributed by atoms with Crippen molar-refractivity contribution in [1.29, 1.82) is 0 Å². The molecular weight excluding hydrogens is 196 g/mol. The maximum absolute atomic E-state index is 9.05. The fourth-order valence-corrected chi connectivity index (χ4v) is 2.25. The molecule has 0 aliphatic carbocycles. The average molecular weight is 214 g/mol. The van der Waals surface area contributed by atoms with Crippen LogP contribution in [0.3, 0.4) is 0 Å². The molecule has 2 aromatic rings. The van der Waals surface area contributed by atoms with E-state index in [0.29, 0.717) is 0 Å². The number of rotatable bonds is 4. The highest BCUT2D eigenvalue weighted by atomic mass is 16.2. The fraction of sp³-hybridized carbons (Fsp3) is 0.333. The summed E-state index contributed by atoms with van der Waals surface area (Å²) < 4.78 is 0. The molecule has 0 saturated carbocycles. The normalized spacial score (nSPS) is 10.9. The molecule has 0 spiro atoms. The summed E-state index contributed by atoms with van der Waals surface area (Å²) in [6.45, 7) is 2.42. The summed E-state index contributed by atoms with van der Waals surface area (Å²) in [7, 11) is 0. The van der Waals surface area contributed by atoms with Gasteiger partial charge in [0.1, 0.15) is 0 Å². The molecule has 0 fully saturated rings. The van der Waals surface area contributed by atoms with Gasteiger partial charge in [-0.25, -0.2) is 0 Å². The van der Waals surface area contributed by atoms with E-state index in [9.17, 15) is 0 Å². The van der Waals surface area contributed by atoms with Gasteiger partial charge < -0.3 is 5.11 Å². The molecule has 0 heterocycles. The van der Waals surface area contributed by atoms with Crippen molar-refractivity contribution in [3.8, 4) is 0 Å². The third-order valence-corrected chi connectivity index (χ3v) is 3.01. The number of aliphatic hydroxyl groups is 1. The summed E-state index contributed by atoms with van der Waals surface area (Å²) in [4.78, 5) is 0. The van der Waals surface area contributed by atoms with E-state index < -0.39 is 0 Å². The third-order valence-electron chi connectivity index (χ3n) is 3.01. The Morgan fingerprint density at radius 2 is 1.44 bits per heavy atom. The zero-order chi connectivity index (χ0) is 11.4. The minimum absolute atomic E-state index is 0.219. The summed E-state index contributed by atoms with van der Waals surface area (Å²) in [5, 5.41) is 11.7. The quantitative estimate of drug-likeness (QED) is 0.827. The van der Waals surface area contributed by atoms with Crippen LogP contribution in [0.1, 0.15) is 24.5 Å². The average Bonchev–Trinajstić information content (AvgIpc) is 2.33. The maximum atomic E-state index is 9.05. The Kier molecular flexibility index (Phi) is 3.58. The van der Waals surface area contributed by atoms with Gasteiger partial charge >= 0.3 is 0 Å². The lowest BCUT2D eigenvalue weighted by Gasteiger charge is -2.09. The van der Waals surface area contributed by atoms with Crippen molar-refractivity contribution in [2.75, 3.05) is 6.61 Å². The van der Waals surface area contributed by atoms with Crippen molar-refractivity contribution in [3.63, 3.8) is 0 Å². The summed E-state index contributed by atoms with van der Waals surface area (Å²) in [5.74, 6) is 0. The molecule has 16 heavy (non-hydrogen) atoms. The van der Waals surface area contributed by atoms with E-state index in [-0.39, 0.29) is 6.61 Å². The van der Waals surface area contributed by atoms with Gasteiger partial charge in [-0.15, -0.1) is 0 Å². The van der Waals surface area contributed by atoms with Crippen LogP contribution < -0.4 is 0 Å². The summed E-state index contributed by atoms with van der Waals surface area (Å²) in [6, 6.07) is 12.9. The van der Waals surface area contributed by atoms with E-state index in [1.807, 2.05) is 0 Å². The van der Waals surface area contributed by atoms with Gasteiger partial charge in [0.25, 0.3) is 0 Å². The number of hydrogen-bond donors (Lipinski definition) is 1. The van der Waals surface area contributed by atoms with Crippen LogP contribution in [0.4, 0.5) is 0 Å². The van der Waals surface area contributed by atoms with Crippen LogP contribution in [0.2, 0.25) is 0 Å². The van der Waals surface area contributed by atoms with Crippen molar-refractivity contribution in [2.24, 2.45) is 0 Å². The third kappa shape index (κ3) is 2.10. The molecule has 0 atom stereocenters. The fourth-order valence-electron chi connectivity index (χ4n) is 2.25. The van der Waals surface area contributed by atoms with Crippen molar-refractivity contribution < 1.29 is 5.11 Å². The second kappa shape index (κ2) is 5.13. The molecule has 0 bridgehead atoms. The van der Waals surface area contributed by atoms with Crippen molar-refractivity contribution in [2.45, 2.75) is 26.2 Å². The molecule has 2 rings (SSSR count). The first-order valence-electron chi connectivity index (χ1n) is 5.97. The topological polar surface area (TPSA) is 20.2 Å². The first-order chi connectivity index (χ1) is 7.86. The molecule has 0 amide bonds. The Morgan fingerprint density at radius 3 is 1.94 bits per heavy atom. The predicted octanol–water partition coefficient (Wildman–Crippen LogP) is 3.33. The van der Waals surface area contributed by atoms with Crippen molar-refractivity contribution in [3.05, 3.63) is 47.5 Å². The smallest absolute Gasteiger partial charge is 0.0471 e. The van der Waals surface area contributed by atoms with Gasteiger partial charge in [-0.05, 0) is 34.7 Å². The minimum atomic E-state index is 0.219. The first-order valence-corrected chi connectivity index (χ1v) is 5.97. The number of aryl methyl sites for hydroxylation is 1. The standard InChI is InChI=1S/C15H18O/c1-2-5-12-8-9-13(10-11-16)15-7-4-3-6-14(12)15/h3-4,6-9,16H,2,5,10-11H2,1H3. The largest absolute Gasteiger partial charge is 0.396 e. The van der Waals surface area contributed by atoms with Gasteiger partial charge in [0.15, 0.2) is 0 Å². The molecule has 1 heteroatoms. The molecular formula is C15H18O. The lowest BCUT2D eigenvalue weighted by molar-refractivity contribution is 0.300. The molecule has 1 N–H and O–H groups in total. The van der Waals surface area contributed by atoms with Crippen molar-refractivity contribution >= 4 is 10.8 Å². The lowest BCUT2D eigenvalue weighted by Crippen LogP contribution is -1.94. The maximum Gasteiger partial charge on any atom is 0.0471 e. The molecule has 0 aliphatic rings. The summed E-state index contributed by atoms with van der Waals surface area (Å²) in [6.07, 6.45) is 3.04. The second-order valence-electron chi connectivity index (χ2n) is 4.15. The Balaban J connectivity index is 2.57. The van der Waals surface area contributed by atoms with Gasteiger partial charge in [0, 0.05) is 6.61 Å². The molecule has 0 saturated heterocycles. The van der Waals surface area contributed by atoms with Gasteiger partial charge in [-0.2, -0.15) is 0 Å². The van der Waals surface area contributed by atoms with Gasteiger partial charge in [-0.1, -0.05) is 49.7 Å². The number of hydrogen-bond acceptors (Lipinski definition) is 1. The number of benzene rings is 2. The predicted molar refractivity (Wildman–Crippen MR) is 68.7 cm³/mol. The van der Waals surface area contributed by atoms with Crippen LogP contribution in [-0.2, 0) is 12.8 Å². The van der Waals surface area contributed by atoms with E-state index in [1.165, 1.54) is 28.3 Å². The first kappa shape index (κ1) is 11.2. The molecule has 0 aromatic heterocycles. The highest BCUT2D eigenvalue weighted by molar-refractivity contribution is 5.88. The highest BCUT2D eigenvalue weighted by Crippen LogP contribution is 2.24. The molecule has 0 radical (unpaired) electrons. The van der Waals surface area contributed by atoms with E-state index in [0.717, 1.165) is 12.8 Å². The van der Waals surface area contributed by atoms with Crippen LogP contribution in [0, 0.1) is 0 Å². The molecule has 84 valence electrons. The van der Waals surface area contributed by atoms with E-state index in [4.69, 9.17) is 5.11 Å². The van der Waals surface area contributed by atoms with Crippen LogP contribution >= 0.6 is 0 Å². The zero-order valence-electron chi connectivity index (χ0n) is 9.74. The Bertz CT molecular complexity index is 429. The lowest BCUT2D eigenvalue weighted by atomic mass is 9.96. The summed E-state index contributed by atoms with van der Waals surface area (Å²) >= 11 is 0. The molecule has 0 aliphatic heterocycles. The summed E-state index contributed by atoms with van der Waals surface area (Å²) in [5.41, 5.74) is 2.66. The Labute approximate surface area is 96.7 Å². The van der Waals surface area contributed by atoms with E-state index >= 15 is 0 Å². The van der Waals surface area contributed by atoms with Gasteiger partial charge in [-0.3, -0.25) is 0 Å². The SMILES string of the molecule is CCCc1ccc(CCO)c2ccccc12. The number of aliphatic hydroxyl groups excluding tert-OH is 1. The molecule has 2 aromatic carbocycles. The molecule has 0 unspecified atom stereocenters. The highest BCUT2D eigenvalue weighted by Gasteiger charge is 2.04. The van der Waals surface area contributed by atoms with E-state index in [2.05, 4.69) is 43.3 Å². The minimum Gasteiger partial charge on any atom is -0.396 e. The number of fused-ring (bicyclic) bond motifs is 1. The molecule has 1 nitrogen and oxygen atoms in total. The van der Waals surface area contributed by atoms with Crippen LogP contribution in [0.25, 0.3) is 10.8 Å². The van der Waals surface area contributed by atoms with Crippen LogP contribution in [0.15, 0.2) is 36.4 Å². The monoisotopic (exact) mass is 214 g/mol. The van der Waals surface area contributed by atoms with Gasteiger partial charge in [0.2, 0.25) is 0 Å². The second-order valence-corrected chi connectivity index (χ2v) is 4.15.